The van der Waals surface area contributed by atoms with Crippen LogP contribution in [0, 0.1) is 11.6 Å². The molecule has 32 heavy (non-hydrogen) atoms. The summed E-state index contributed by atoms with van der Waals surface area (Å²) in [4.78, 5) is 15.9. The topological polar surface area (TPSA) is 111 Å². The van der Waals surface area contributed by atoms with Crippen LogP contribution in [0.4, 0.5) is 14.5 Å². The molecule has 11 heteroatoms. The molecule has 2 aromatic carbocycles. The Morgan fingerprint density at radius 3 is 2.50 bits per heavy atom. The van der Waals surface area contributed by atoms with Crippen LogP contribution in [0.25, 0.3) is 0 Å². The van der Waals surface area contributed by atoms with E-state index in [4.69, 9.17) is 21.5 Å². The number of rotatable bonds is 8. The largest absolute Gasteiger partial charge is 0.477 e. The predicted octanol–water partition coefficient (Wildman–Crippen LogP) is 3.46. The number of nitrogens with zero attached hydrogens (tertiary/aromatic N) is 1. The molecule has 0 unspecified atom stereocenters. The van der Waals surface area contributed by atoms with E-state index in [1.54, 1.807) is 0 Å². The number of nitrogens with two attached hydrogens (primary N) is 1. The van der Waals surface area contributed by atoms with Gasteiger partial charge in [-0.3, -0.25) is 4.79 Å². The molecule has 0 aliphatic rings. The molecule has 7 nitrogen and oxygen atoms in total. The highest BCUT2D eigenvalue weighted by Crippen LogP contribution is 2.22. The fraction of sp³-hybridized carbons (Fsp3) is 0.143. The third kappa shape index (κ3) is 6.46. The summed E-state index contributed by atoms with van der Waals surface area (Å²) in [5, 5.41) is 8.10. The Kier molecular flexibility index (Phi) is 7.39. The molecule has 0 atom stereocenters. The van der Waals surface area contributed by atoms with Crippen LogP contribution in [0.1, 0.15) is 11.1 Å². The Labute approximate surface area is 188 Å². The van der Waals surface area contributed by atoms with Gasteiger partial charge in [0, 0.05) is 23.2 Å². The number of carbonyl (C=O) groups excluding carboxylic acids is 1. The van der Waals surface area contributed by atoms with E-state index in [2.05, 4.69) is 10.3 Å². The minimum Gasteiger partial charge on any atom is -0.477 e. The van der Waals surface area contributed by atoms with E-state index in [0.717, 1.165) is 12.3 Å². The molecule has 0 aliphatic carbocycles. The Morgan fingerprint density at radius 1 is 1.06 bits per heavy atom. The summed E-state index contributed by atoms with van der Waals surface area (Å²) in [5.74, 6) is -1.37. The Balaban J connectivity index is 1.70. The van der Waals surface area contributed by atoms with Crippen molar-refractivity contribution in [3.05, 3.63) is 82.5 Å². The lowest BCUT2D eigenvalue weighted by Gasteiger charge is -2.12. The third-order valence-corrected chi connectivity index (χ3v) is 5.70. The highest BCUT2D eigenvalue weighted by molar-refractivity contribution is 7.89. The van der Waals surface area contributed by atoms with E-state index in [9.17, 15) is 22.0 Å². The first-order chi connectivity index (χ1) is 15.1. The van der Waals surface area contributed by atoms with Gasteiger partial charge in [-0.15, -0.1) is 0 Å². The van der Waals surface area contributed by atoms with Crippen molar-refractivity contribution in [2.24, 2.45) is 5.14 Å². The van der Waals surface area contributed by atoms with Crippen LogP contribution in [-0.2, 0) is 27.7 Å². The zero-order valence-electron chi connectivity index (χ0n) is 16.5. The minimum atomic E-state index is -4.11. The summed E-state index contributed by atoms with van der Waals surface area (Å²) < 4.78 is 55.8. The molecule has 168 valence electrons. The third-order valence-electron chi connectivity index (χ3n) is 4.34. The van der Waals surface area contributed by atoms with Crippen LogP contribution in [0.3, 0.4) is 0 Å². The fourth-order valence-corrected chi connectivity index (χ4v) is 3.88. The Hall–Kier alpha value is -3.08. The van der Waals surface area contributed by atoms with Crippen molar-refractivity contribution in [2.75, 3.05) is 11.9 Å². The van der Waals surface area contributed by atoms with Crippen LogP contribution in [0.5, 0.6) is 5.88 Å². The number of aromatic nitrogens is 1. The van der Waals surface area contributed by atoms with Crippen molar-refractivity contribution >= 4 is 33.2 Å². The second kappa shape index (κ2) is 10.0. The maximum atomic E-state index is 13.4. The number of primary sulfonamides is 1. The number of pyridine rings is 1. The van der Waals surface area contributed by atoms with Gasteiger partial charge in [0.25, 0.3) is 0 Å². The highest BCUT2D eigenvalue weighted by Gasteiger charge is 2.16. The van der Waals surface area contributed by atoms with Crippen LogP contribution in [0.2, 0.25) is 5.02 Å². The fourth-order valence-electron chi connectivity index (χ4n) is 2.87. The first kappa shape index (κ1) is 23.6. The van der Waals surface area contributed by atoms with E-state index >= 15 is 0 Å². The summed E-state index contributed by atoms with van der Waals surface area (Å²) in [6.45, 7) is 0.0604. The molecule has 0 spiro atoms. The molecule has 0 fully saturated rings. The van der Waals surface area contributed by atoms with E-state index in [-0.39, 0.29) is 40.9 Å². The van der Waals surface area contributed by atoms with Crippen molar-refractivity contribution in [1.82, 2.24) is 4.98 Å². The Morgan fingerprint density at radius 2 is 1.81 bits per heavy atom. The quantitative estimate of drug-likeness (QED) is 0.511. The van der Waals surface area contributed by atoms with Crippen molar-refractivity contribution in [2.45, 2.75) is 17.7 Å². The summed E-state index contributed by atoms with van der Waals surface area (Å²) in [7, 11) is -4.11. The zero-order valence-corrected chi connectivity index (χ0v) is 18.1. The smallest absolute Gasteiger partial charge is 0.238 e. The molecule has 0 aliphatic heterocycles. The van der Waals surface area contributed by atoms with E-state index in [1.165, 1.54) is 42.5 Å². The standard InChI is InChI=1S/C21H18ClF2N3O4S/c22-18-5-2-15(23)9-14(18)10-20(28)27-17-4-1-13(19(11-17)32(25,29)30)7-8-31-21-6-3-16(24)12-26-21/h1-6,9,11-12H,7-8,10H2,(H,27,28)(H2,25,29,30). The first-order valence-electron chi connectivity index (χ1n) is 9.25. The van der Waals surface area contributed by atoms with Crippen molar-refractivity contribution in [3.8, 4) is 5.88 Å². The highest BCUT2D eigenvalue weighted by atomic mass is 35.5. The van der Waals surface area contributed by atoms with Gasteiger partial charge in [0.15, 0.2) is 0 Å². The first-order valence-corrected chi connectivity index (χ1v) is 11.2. The SMILES string of the molecule is NS(=O)(=O)c1cc(NC(=O)Cc2cc(F)ccc2Cl)ccc1CCOc1ccc(F)cn1. The minimum absolute atomic E-state index is 0.0604. The number of hydrogen-bond acceptors (Lipinski definition) is 5. The van der Waals surface area contributed by atoms with Gasteiger partial charge in [-0.05, 0) is 47.5 Å². The molecule has 0 saturated carbocycles. The molecule has 0 saturated heterocycles. The summed E-state index contributed by atoms with van der Waals surface area (Å²) in [5.41, 5.74) is 0.844. The van der Waals surface area contributed by atoms with Crippen molar-refractivity contribution < 1.29 is 26.7 Å². The molecule has 3 aromatic rings. The lowest BCUT2D eigenvalue weighted by atomic mass is 10.1. The van der Waals surface area contributed by atoms with Gasteiger partial charge >= 0.3 is 0 Å². The van der Waals surface area contributed by atoms with Gasteiger partial charge in [-0.2, -0.15) is 0 Å². The number of halogens is 3. The zero-order chi connectivity index (χ0) is 23.3. The molecule has 3 rings (SSSR count). The number of hydrogen-bond donors (Lipinski definition) is 2. The van der Waals surface area contributed by atoms with Gasteiger partial charge in [0.05, 0.1) is 24.1 Å². The second-order valence-corrected chi connectivity index (χ2v) is 8.68. The number of nitrogens with one attached hydrogen (secondary N) is 1. The summed E-state index contributed by atoms with van der Waals surface area (Å²) >= 11 is 5.97. The molecular formula is C21H18ClF2N3O4S. The van der Waals surface area contributed by atoms with Gasteiger partial charge in [0.1, 0.15) is 11.6 Å². The number of anilines is 1. The molecule has 0 bridgehead atoms. The number of ether oxygens (including phenoxy) is 1. The number of amides is 1. The molecule has 1 aromatic heterocycles. The molecule has 0 radical (unpaired) electrons. The van der Waals surface area contributed by atoms with E-state index in [1.807, 2.05) is 0 Å². The van der Waals surface area contributed by atoms with Gasteiger partial charge < -0.3 is 10.1 Å². The molecule has 1 amide bonds. The number of sulfonamides is 1. The summed E-state index contributed by atoms with van der Waals surface area (Å²) in [6.07, 6.45) is 0.957. The van der Waals surface area contributed by atoms with Gasteiger partial charge in [-0.1, -0.05) is 17.7 Å². The van der Waals surface area contributed by atoms with Crippen LogP contribution >= 0.6 is 11.6 Å². The van der Waals surface area contributed by atoms with E-state index < -0.39 is 27.6 Å². The molecule has 3 N–H and O–H groups in total. The lowest BCUT2D eigenvalue weighted by molar-refractivity contribution is -0.115. The van der Waals surface area contributed by atoms with Gasteiger partial charge in [-0.25, -0.2) is 27.3 Å². The monoisotopic (exact) mass is 481 g/mol. The van der Waals surface area contributed by atoms with Crippen molar-refractivity contribution in [3.63, 3.8) is 0 Å². The average molecular weight is 482 g/mol. The van der Waals surface area contributed by atoms with Crippen molar-refractivity contribution in [1.29, 1.82) is 0 Å². The predicted molar refractivity (Wildman–Crippen MR) is 115 cm³/mol. The maximum absolute atomic E-state index is 13.4. The summed E-state index contributed by atoms with van der Waals surface area (Å²) in [6, 6.07) is 10.4. The molecule has 1 heterocycles. The maximum Gasteiger partial charge on any atom is 0.238 e. The van der Waals surface area contributed by atoms with E-state index in [0.29, 0.717) is 11.1 Å². The van der Waals surface area contributed by atoms with Crippen LogP contribution in [0.15, 0.2) is 59.6 Å². The lowest BCUT2D eigenvalue weighted by Crippen LogP contribution is -2.18. The second-order valence-electron chi connectivity index (χ2n) is 6.74. The number of carbonyl (C=O) groups is 1. The van der Waals surface area contributed by atoms with Crippen LogP contribution in [-0.4, -0.2) is 25.9 Å². The molecular weight excluding hydrogens is 464 g/mol. The van der Waals surface area contributed by atoms with Gasteiger partial charge in [0.2, 0.25) is 21.8 Å². The Bertz CT molecular complexity index is 1240. The average Bonchev–Trinajstić information content (AvgIpc) is 2.72. The number of benzene rings is 2. The normalized spacial score (nSPS) is 11.2. The van der Waals surface area contributed by atoms with Crippen LogP contribution < -0.4 is 15.2 Å².